The summed E-state index contributed by atoms with van der Waals surface area (Å²) in [5.74, 6) is 1.90. The van der Waals surface area contributed by atoms with E-state index in [9.17, 15) is 4.79 Å². The van der Waals surface area contributed by atoms with Crippen molar-refractivity contribution in [3.05, 3.63) is 41.6 Å². The Morgan fingerprint density at radius 3 is 2.34 bits per heavy atom. The molecule has 0 aliphatic carbocycles. The van der Waals surface area contributed by atoms with E-state index in [1.54, 1.807) is 24.3 Å². The highest BCUT2D eigenvalue weighted by molar-refractivity contribution is 5.89. The third-order valence-electron chi connectivity index (χ3n) is 5.63. The lowest BCUT2D eigenvalue weighted by Crippen LogP contribution is -2.30. The summed E-state index contributed by atoms with van der Waals surface area (Å²) in [7, 11) is 5.25. The van der Waals surface area contributed by atoms with E-state index in [4.69, 9.17) is 23.9 Å². The maximum absolute atomic E-state index is 11.6. The van der Waals surface area contributed by atoms with Crippen LogP contribution >= 0.6 is 0 Å². The third kappa shape index (κ3) is 4.94. The summed E-state index contributed by atoms with van der Waals surface area (Å²) < 4.78 is 23.0. The van der Waals surface area contributed by atoms with Crippen molar-refractivity contribution >= 4 is 17.7 Å². The van der Waals surface area contributed by atoms with Crippen molar-refractivity contribution in [2.24, 2.45) is 0 Å². The van der Waals surface area contributed by atoms with Crippen molar-refractivity contribution in [1.82, 2.24) is 9.97 Å². The summed E-state index contributed by atoms with van der Waals surface area (Å²) in [6.45, 7) is 4.37. The van der Waals surface area contributed by atoms with Gasteiger partial charge in [-0.1, -0.05) is 6.92 Å². The number of ether oxygens (including phenoxy) is 4. The van der Waals surface area contributed by atoms with Crippen molar-refractivity contribution in [3.63, 3.8) is 0 Å². The number of aromatic nitrogens is 2. The Morgan fingerprint density at radius 1 is 1.12 bits per heavy atom. The molecule has 0 bridgehead atoms. The molecule has 3 heterocycles. The molecule has 4 rings (SSSR count). The number of nitrogens with zero attached hydrogens (tertiary/aromatic N) is 4. The SMILES string of the molecule is CCc1cc(N2C[C@@H]3OCC(Oc4ccc(C(=O)OC)cc4)CO[C@H]3C2)nc(N(C)C)n1. The van der Waals surface area contributed by atoms with E-state index in [2.05, 4.69) is 16.8 Å². The Kier molecular flexibility index (Phi) is 6.76. The number of hydrogen-bond donors (Lipinski definition) is 0. The highest BCUT2D eigenvalue weighted by atomic mass is 16.6. The second-order valence-corrected chi connectivity index (χ2v) is 8.17. The van der Waals surface area contributed by atoms with Crippen LogP contribution in [0.25, 0.3) is 0 Å². The Balaban J connectivity index is 1.36. The van der Waals surface area contributed by atoms with Crippen LogP contribution in [0.5, 0.6) is 5.75 Å². The molecule has 2 saturated heterocycles. The normalized spacial score (nSPS) is 21.1. The number of benzene rings is 1. The van der Waals surface area contributed by atoms with Crippen LogP contribution < -0.4 is 14.5 Å². The van der Waals surface area contributed by atoms with E-state index < -0.39 is 0 Å². The first kappa shape index (κ1) is 22.3. The van der Waals surface area contributed by atoms with Gasteiger partial charge in [0.05, 0.1) is 25.9 Å². The van der Waals surface area contributed by atoms with Crippen LogP contribution in [0.2, 0.25) is 0 Å². The number of methoxy groups -OCH3 is 1. The van der Waals surface area contributed by atoms with Crippen LogP contribution in [-0.2, 0) is 20.6 Å². The van der Waals surface area contributed by atoms with Crippen LogP contribution in [0.3, 0.4) is 0 Å². The molecule has 0 N–H and O–H groups in total. The topological polar surface area (TPSA) is 86.2 Å². The number of carbonyl (C=O) groups is 1. The molecule has 1 aromatic carbocycles. The quantitative estimate of drug-likeness (QED) is 0.623. The second kappa shape index (κ2) is 9.70. The van der Waals surface area contributed by atoms with Crippen LogP contribution in [0.4, 0.5) is 11.8 Å². The predicted molar refractivity (Wildman–Crippen MR) is 120 cm³/mol. The van der Waals surface area contributed by atoms with Gasteiger partial charge in [-0.15, -0.1) is 0 Å². The first-order valence-corrected chi connectivity index (χ1v) is 10.8. The number of hydrogen-bond acceptors (Lipinski definition) is 9. The number of aryl methyl sites for hydroxylation is 1. The monoisotopic (exact) mass is 442 g/mol. The summed E-state index contributed by atoms with van der Waals surface area (Å²) in [6.07, 6.45) is 0.536. The van der Waals surface area contributed by atoms with Crippen molar-refractivity contribution in [2.75, 3.05) is 57.3 Å². The molecule has 2 aliphatic heterocycles. The van der Waals surface area contributed by atoms with E-state index in [-0.39, 0.29) is 24.3 Å². The Morgan fingerprint density at radius 2 is 1.78 bits per heavy atom. The van der Waals surface area contributed by atoms with Gasteiger partial charge in [-0.05, 0) is 30.7 Å². The molecule has 2 atom stereocenters. The van der Waals surface area contributed by atoms with Gasteiger partial charge in [0.15, 0.2) is 0 Å². The van der Waals surface area contributed by atoms with Gasteiger partial charge in [0, 0.05) is 38.9 Å². The van der Waals surface area contributed by atoms with Gasteiger partial charge < -0.3 is 28.7 Å². The molecular weight excluding hydrogens is 412 g/mol. The maximum atomic E-state index is 11.6. The Bertz CT molecular complexity index is 920. The van der Waals surface area contributed by atoms with E-state index >= 15 is 0 Å². The summed E-state index contributed by atoms with van der Waals surface area (Å²) in [5, 5.41) is 0. The molecule has 2 aliphatic rings. The highest BCUT2D eigenvalue weighted by Gasteiger charge is 2.38. The Hall–Kier alpha value is -2.91. The first-order valence-electron chi connectivity index (χ1n) is 10.8. The van der Waals surface area contributed by atoms with Crippen LogP contribution in [0, 0.1) is 0 Å². The van der Waals surface area contributed by atoms with Crippen LogP contribution in [-0.4, -0.2) is 81.8 Å². The van der Waals surface area contributed by atoms with Gasteiger partial charge in [0.2, 0.25) is 5.95 Å². The fourth-order valence-electron chi connectivity index (χ4n) is 3.82. The lowest BCUT2D eigenvalue weighted by atomic mass is 10.2. The number of fused-ring (bicyclic) bond motifs is 1. The minimum absolute atomic E-state index is 0.0480. The van der Waals surface area contributed by atoms with Gasteiger partial charge in [0.25, 0.3) is 0 Å². The van der Waals surface area contributed by atoms with Crippen molar-refractivity contribution in [2.45, 2.75) is 31.7 Å². The highest BCUT2D eigenvalue weighted by Crippen LogP contribution is 2.27. The number of anilines is 2. The molecule has 0 saturated carbocycles. The van der Waals surface area contributed by atoms with E-state index in [0.717, 1.165) is 17.9 Å². The second-order valence-electron chi connectivity index (χ2n) is 8.17. The summed E-state index contributed by atoms with van der Waals surface area (Å²) in [5.41, 5.74) is 1.50. The van der Waals surface area contributed by atoms with Crippen LogP contribution in [0.15, 0.2) is 30.3 Å². The van der Waals surface area contributed by atoms with Crippen molar-refractivity contribution < 1.29 is 23.7 Å². The largest absolute Gasteiger partial charge is 0.486 e. The summed E-state index contributed by atoms with van der Waals surface area (Å²) >= 11 is 0. The van der Waals surface area contributed by atoms with Crippen molar-refractivity contribution in [1.29, 1.82) is 0 Å². The lowest BCUT2D eigenvalue weighted by Gasteiger charge is -2.22. The van der Waals surface area contributed by atoms with Gasteiger partial charge in [-0.2, -0.15) is 4.98 Å². The summed E-state index contributed by atoms with van der Waals surface area (Å²) in [6, 6.07) is 8.91. The van der Waals surface area contributed by atoms with Gasteiger partial charge in [-0.25, -0.2) is 9.78 Å². The molecule has 0 spiro atoms. The molecule has 172 valence electrons. The lowest BCUT2D eigenvalue weighted by molar-refractivity contribution is -0.00461. The molecule has 0 radical (unpaired) electrons. The average Bonchev–Trinajstić information content (AvgIpc) is 3.14. The zero-order valence-electron chi connectivity index (χ0n) is 19.0. The minimum Gasteiger partial charge on any atom is -0.486 e. The van der Waals surface area contributed by atoms with Gasteiger partial charge in [-0.3, -0.25) is 0 Å². The zero-order valence-corrected chi connectivity index (χ0v) is 19.0. The Labute approximate surface area is 188 Å². The third-order valence-corrected chi connectivity index (χ3v) is 5.63. The number of esters is 1. The fraction of sp³-hybridized carbons (Fsp3) is 0.522. The molecule has 32 heavy (non-hydrogen) atoms. The smallest absolute Gasteiger partial charge is 0.337 e. The fourth-order valence-corrected chi connectivity index (χ4v) is 3.82. The molecule has 2 aromatic rings. The number of carbonyl (C=O) groups excluding carboxylic acids is 1. The van der Waals surface area contributed by atoms with Gasteiger partial charge >= 0.3 is 5.97 Å². The first-order chi connectivity index (χ1) is 15.5. The molecular formula is C23H30N4O5. The van der Waals surface area contributed by atoms with E-state index in [0.29, 0.717) is 43.6 Å². The maximum Gasteiger partial charge on any atom is 0.337 e. The molecule has 0 unspecified atom stereocenters. The molecule has 1 aromatic heterocycles. The van der Waals surface area contributed by atoms with Crippen LogP contribution in [0.1, 0.15) is 23.0 Å². The average molecular weight is 443 g/mol. The van der Waals surface area contributed by atoms with Crippen molar-refractivity contribution in [3.8, 4) is 5.75 Å². The molecule has 2 fully saturated rings. The summed E-state index contributed by atoms with van der Waals surface area (Å²) in [4.78, 5) is 25.0. The molecule has 9 nitrogen and oxygen atoms in total. The van der Waals surface area contributed by atoms with E-state index in [1.165, 1.54) is 7.11 Å². The zero-order chi connectivity index (χ0) is 22.7. The molecule has 0 amide bonds. The van der Waals surface area contributed by atoms with E-state index in [1.807, 2.05) is 25.1 Å². The predicted octanol–water partition coefficient (Wildman–Crippen LogP) is 1.94. The minimum atomic E-state index is -0.373. The van der Waals surface area contributed by atoms with Gasteiger partial charge in [0.1, 0.15) is 29.9 Å². The molecule has 9 heteroatoms. The number of rotatable bonds is 6. The standard InChI is InChI=1S/C23H30N4O5/c1-5-16-10-21(25-23(24-16)26(2)3)27-11-19-20(12-27)31-14-18(13-30-19)32-17-8-6-15(7-9-17)22(28)29-4/h6-10,18-20H,5,11-14H2,1-4H3/t19-,20-/m0/s1.